The highest BCUT2D eigenvalue weighted by molar-refractivity contribution is 7.25. The van der Waals surface area contributed by atoms with Crippen LogP contribution in [0.2, 0.25) is 0 Å². The third-order valence-corrected chi connectivity index (χ3v) is 14.6. The standard InChI is InChI=1S/C61H40N2S/c1-3-18-41(19-4-1)42-20-17-21-43(38-42)47-24-8-13-30-56(47)62(45-35-37-60-51(39-45)50-26-9-16-33-59(50)64-60)46-34-36-49-48-25-7-10-27-52(48)61(55(49)40-46)53-28-11-14-31-57(53)63(44-22-5-2-6-23-44)58-32-15-12-29-54(58)61/h1-40H. The van der Waals surface area contributed by atoms with Gasteiger partial charge in [0, 0.05) is 42.8 Å². The van der Waals surface area contributed by atoms with Crippen molar-refractivity contribution in [3.8, 4) is 33.4 Å². The summed E-state index contributed by atoms with van der Waals surface area (Å²) < 4.78 is 2.59. The third kappa shape index (κ3) is 5.44. The van der Waals surface area contributed by atoms with Crippen molar-refractivity contribution in [2.24, 2.45) is 0 Å². The highest BCUT2D eigenvalue weighted by Crippen LogP contribution is 2.64. The normalized spacial score (nSPS) is 13.1. The summed E-state index contributed by atoms with van der Waals surface area (Å²) in [5.41, 5.74) is 18.7. The minimum atomic E-state index is -0.580. The van der Waals surface area contributed by atoms with Crippen LogP contribution in [0, 0.1) is 0 Å². The Bertz CT molecular complexity index is 3540. The lowest BCUT2D eigenvalue weighted by molar-refractivity contribution is 0.752. The van der Waals surface area contributed by atoms with E-state index in [4.69, 9.17) is 0 Å². The minimum Gasteiger partial charge on any atom is -0.310 e. The van der Waals surface area contributed by atoms with Gasteiger partial charge in [-0.15, -0.1) is 11.3 Å². The van der Waals surface area contributed by atoms with E-state index in [1.165, 1.54) is 87.2 Å². The van der Waals surface area contributed by atoms with Crippen LogP contribution in [0.4, 0.5) is 34.1 Å². The predicted octanol–water partition coefficient (Wildman–Crippen LogP) is 17.0. The van der Waals surface area contributed by atoms with E-state index in [1.54, 1.807) is 0 Å². The first-order valence-corrected chi connectivity index (χ1v) is 22.8. The molecule has 0 unspecified atom stereocenters. The van der Waals surface area contributed by atoms with E-state index < -0.39 is 5.41 Å². The molecule has 64 heavy (non-hydrogen) atoms. The fourth-order valence-corrected chi connectivity index (χ4v) is 11.9. The number of thiophene rings is 1. The van der Waals surface area contributed by atoms with E-state index in [2.05, 4.69) is 252 Å². The van der Waals surface area contributed by atoms with Crippen molar-refractivity contribution in [1.82, 2.24) is 0 Å². The number of hydrogen-bond donors (Lipinski definition) is 0. The van der Waals surface area contributed by atoms with Crippen LogP contribution in [-0.4, -0.2) is 0 Å². The number of nitrogens with zero attached hydrogens (tertiary/aromatic N) is 2. The molecule has 2 nitrogen and oxygen atoms in total. The summed E-state index contributed by atoms with van der Waals surface area (Å²) in [5.74, 6) is 0. The van der Waals surface area contributed by atoms with Gasteiger partial charge in [0.2, 0.25) is 0 Å². The monoisotopic (exact) mass is 832 g/mol. The summed E-state index contributed by atoms with van der Waals surface area (Å²) in [4.78, 5) is 4.96. The zero-order valence-corrected chi connectivity index (χ0v) is 35.7. The predicted molar refractivity (Wildman–Crippen MR) is 270 cm³/mol. The number of benzene rings is 10. The van der Waals surface area contributed by atoms with E-state index in [1.807, 2.05) is 11.3 Å². The number of fused-ring (bicyclic) bond motifs is 12. The Morgan fingerprint density at radius 3 is 1.70 bits per heavy atom. The number of anilines is 6. The lowest BCUT2D eigenvalue weighted by atomic mass is 9.64. The second kappa shape index (κ2) is 14.6. The molecule has 0 saturated carbocycles. The molecule has 0 atom stereocenters. The van der Waals surface area contributed by atoms with Gasteiger partial charge in [-0.2, -0.15) is 0 Å². The van der Waals surface area contributed by atoms with Crippen LogP contribution >= 0.6 is 11.3 Å². The fraction of sp³-hybridized carbons (Fsp3) is 0.0164. The van der Waals surface area contributed by atoms with Crippen LogP contribution in [0.3, 0.4) is 0 Å². The van der Waals surface area contributed by atoms with Crippen molar-refractivity contribution in [3.63, 3.8) is 0 Å². The number of rotatable bonds is 6. The molecule has 0 N–H and O–H groups in total. The van der Waals surface area contributed by atoms with E-state index >= 15 is 0 Å². The minimum absolute atomic E-state index is 0.580. The van der Waals surface area contributed by atoms with Gasteiger partial charge >= 0.3 is 0 Å². The van der Waals surface area contributed by atoms with Crippen molar-refractivity contribution < 1.29 is 0 Å². The molecule has 3 heteroatoms. The molecule has 11 aromatic rings. The van der Waals surface area contributed by atoms with Crippen LogP contribution in [-0.2, 0) is 5.41 Å². The molecule has 13 rings (SSSR count). The molecule has 300 valence electrons. The highest BCUT2D eigenvalue weighted by atomic mass is 32.1. The third-order valence-electron chi connectivity index (χ3n) is 13.4. The maximum Gasteiger partial charge on any atom is 0.0755 e. The number of para-hydroxylation sites is 4. The highest BCUT2D eigenvalue weighted by Gasteiger charge is 2.51. The van der Waals surface area contributed by atoms with E-state index in [0.717, 1.165) is 22.7 Å². The van der Waals surface area contributed by atoms with Crippen LogP contribution in [0.1, 0.15) is 22.3 Å². The van der Waals surface area contributed by atoms with E-state index in [-0.39, 0.29) is 0 Å². The van der Waals surface area contributed by atoms with E-state index in [0.29, 0.717) is 0 Å². The van der Waals surface area contributed by atoms with Gasteiger partial charge < -0.3 is 9.80 Å². The average molecular weight is 833 g/mol. The van der Waals surface area contributed by atoms with Gasteiger partial charge in [0.1, 0.15) is 0 Å². The zero-order valence-electron chi connectivity index (χ0n) is 34.9. The Morgan fingerprint density at radius 2 is 0.906 bits per heavy atom. The zero-order chi connectivity index (χ0) is 42.2. The molecule has 0 fully saturated rings. The maximum absolute atomic E-state index is 2.51. The first-order chi connectivity index (χ1) is 31.8. The van der Waals surface area contributed by atoms with Gasteiger partial charge in [-0.1, -0.05) is 170 Å². The average Bonchev–Trinajstić information content (AvgIpc) is 3.88. The Morgan fingerprint density at radius 1 is 0.344 bits per heavy atom. The maximum atomic E-state index is 2.51. The molecule has 1 aromatic heterocycles. The van der Waals surface area contributed by atoms with Gasteiger partial charge in [0.15, 0.2) is 0 Å². The molecule has 2 heterocycles. The van der Waals surface area contributed by atoms with Crippen molar-refractivity contribution in [1.29, 1.82) is 0 Å². The molecule has 10 aromatic carbocycles. The van der Waals surface area contributed by atoms with Gasteiger partial charge in [0.05, 0.1) is 22.5 Å². The Labute approximate surface area is 377 Å². The van der Waals surface area contributed by atoms with Gasteiger partial charge in [-0.3, -0.25) is 0 Å². The topological polar surface area (TPSA) is 6.48 Å². The Kier molecular flexibility index (Phi) is 8.34. The lowest BCUT2D eigenvalue weighted by Gasteiger charge is -2.45. The van der Waals surface area contributed by atoms with Crippen LogP contribution in [0.25, 0.3) is 53.6 Å². The lowest BCUT2D eigenvalue weighted by Crippen LogP contribution is -2.36. The molecule has 0 radical (unpaired) electrons. The molecule has 0 amide bonds. The second-order valence-electron chi connectivity index (χ2n) is 16.8. The Balaban J connectivity index is 1.08. The van der Waals surface area contributed by atoms with Gasteiger partial charge in [-0.25, -0.2) is 0 Å². The largest absolute Gasteiger partial charge is 0.310 e. The SMILES string of the molecule is c1ccc(-c2cccc(-c3ccccc3N(c3ccc4c(c3)C3(c5ccccc5-4)c4ccccc4N(c4ccccc4)c4ccccc43)c3ccc4sc5ccccc5c4c3)c2)cc1. The van der Waals surface area contributed by atoms with Gasteiger partial charge in [-0.05, 0) is 123 Å². The molecular weight excluding hydrogens is 793 g/mol. The molecule has 0 bridgehead atoms. The van der Waals surface area contributed by atoms with Crippen LogP contribution in [0.5, 0.6) is 0 Å². The molecule has 2 aliphatic rings. The summed E-state index contributed by atoms with van der Waals surface area (Å²) in [6.07, 6.45) is 0. The smallest absolute Gasteiger partial charge is 0.0755 e. The molecule has 1 spiro atoms. The summed E-state index contributed by atoms with van der Waals surface area (Å²) in [6.45, 7) is 0. The summed E-state index contributed by atoms with van der Waals surface area (Å²) in [5, 5.41) is 2.56. The van der Waals surface area contributed by atoms with Crippen molar-refractivity contribution in [2.75, 3.05) is 9.80 Å². The van der Waals surface area contributed by atoms with Crippen LogP contribution in [0.15, 0.2) is 243 Å². The number of hydrogen-bond acceptors (Lipinski definition) is 3. The van der Waals surface area contributed by atoms with E-state index in [9.17, 15) is 0 Å². The van der Waals surface area contributed by atoms with Gasteiger partial charge in [0.25, 0.3) is 0 Å². The summed E-state index contributed by atoms with van der Waals surface area (Å²) >= 11 is 1.86. The van der Waals surface area contributed by atoms with Crippen molar-refractivity contribution in [2.45, 2.75) is 5.41 Å². The Hall–Kier alpha value is -7.98. The molecular formula is C61H40N2S. The molecule has 1 aliphatic heterocycles. The molecule has 1 aliphatic carbocycles. The van der Waals surface area contributed by atoms with Crippen LogP contribution < -0.4 is 9.80 Å². The van der Waals surface area contributed by atoms with Crippen molar-refractivity contribution >= 4 is 65.6 Å². The molecule has 0 saturated heterocycles. The second-order valence-corrected chi connectivity index (χ2v) is 17.9. The quantitative estimate of drug-likeness (QED) is 0.165. The van der Waals surface area contributed by atoms with Crippen molar-refractivity contribution in [3.05, 3.63) is 265 Å². The first kappa shape index (κ1) is 36.7. The first-order valence-electron chi connectivity index (χ1n) is 22.0. The summed E-state index contributed by atoms with van der Waals surface area (Å²) in [7, 11) is 0. The fourth-order valence-electron chi connectivity index (χ4n) is 10.8. The summed E-state index contributed by atoms with van der Waals surface area (Å²) in [6, 6.07) is 89.7.